The van der Waals surface area contributed by atoms with Crippen LogP contribution in [0.2, 0.25) is 0 Å². The number of aliphatic hydroxyl groups is 1. The molecule has 4 heteroatoms. The van der Waals surface area contributed by atoms with Gasteiger partial charge in [-0.3, -0.25) is 4.98 Å². The lowest BCUT2D eigenvalue weighted by Gasteiger charge is -2.10. The zero-order valence-corrected chi connectivity index (χ0v) is 10.9. The number of fused-ring (bicyclic) bond motifs is 1. The molecular formula is C15H12FNOS. The Morgan fingerprint density at radius 2 is 2.00 bits per heavy atom. The number of hydrogen-bond acceptors (Lipinski definition) is 3. The van der Waals surface area contributed by atoms with Gasteiger partial charge in [0.2, 0.25) is 0 Å². The molecule has 0 aliphatic rings. The fraction of sp³-hybridized carbons (Fsp3) is 0.133. The Bertz CT molecular complexity index is 693. The van der Waals surface area contributed by atoms with Gasteiger partial charge in [-0.15, -0.1) is 11.3 Å². The summed E-state index contributed by atoms with van der Waals surface area (Å²) in [5.41, 5.74) is 2.64. The van der Waals surface area contributed by atoms with Gasteiger partial charge in [0.25, 0.3) is 0 Å². The van der Waals surface area contributed by atoms with Gasteiger partial charge in [0.15, 0.2) is 0 Å². The summed E-state index contributed by atoms with van der Waals surface area (Å²) >= 11 is 1.60. The number of rotatable bonds is 3. The highest BCUT2D eigenvalue weighted by molar-refractivity contribution is 7.17. The van der Waals surface area contributed by atoms with E-state index in [0.29, 0.717) is 6.42 Å². The van der Waals surface area contributed by atoms with E-state index < -0.39 is 6.10 Å². The molecule has 2 nitrogen and oxygen atoms in total. The van der Waals surface area contributed by atoms with Gasteiger partial charge >= 0.3 is 0 Å². The Balaban J connectivity index is 1.82. The van der Waals surface area contributed by atoms with E-state index in [0.717, 1.165) is 21.3 Å². The van der Waals surface area contributed by atoms with Gasteiger partial charge in [0, 0.05) is 18.2 Å². The third kappa shape index (κ3) is 2.64. The molecule has 96 valence electrons. The predicted molar refractivity (Wildman–Crippen MR) is 74.7 cm³/mol. The van der Waals surface area contributed by atoms with Crippen LogP contribution in [0, 0.1) is 5.82 Å². The van der Waals surface area contributed by atoms with E-state index >= 15 is 0 Å². The number of nitrogens with zero attached hydrogens (tertiary/aromatic N) is 1. The minimum absolute atomic E-state index is 0.264. The molecule has 0 bridgehead atoms. The number of benzene rings is 1. The Kier molecular flexibility index (Phi) is 3.27. The second kappa shape index (κ2) is 5.07. The summed E-state index contributed by atoms with van der Waals surface area (Å²) < 4.78 is 13.9. The average Bonchev–Trinajstić information content (AvgIpc) is 2.88. The first-order chi connectivity index (χ1) is 9.22. The van der Waals surface area contributed by atoms with Gasteiger partial charge < -0.3 is 5.11 Å². The summed E-state index contributed by atoms with van der Waals surface area (Å²) in [6.45, 7) is 0. The van der Waals surface area contributed by atoms with Crippen LogP contribution in [0.4, 0.5) is 4.39 Å². The van der Waals surface area contributed by atoms with Crippen LogP contribution in [0.5, 0.6) is 0 Å². The molecule has 0 aliphatic carbocycles. The summed E-state index contributed by atoms with van der Waals surface area (Å²) in [6.07, 6.45) is 1.53. The second-order valence-electron chi connectivity index (χ2n) is 4.42. The van der Waals surface area contributed by atoms with Crippen molar-refractivity contribution in [2.75, 3.05) is 0 Å². The highest BCUT2D eigenvalue weighted by Crippen LogP contribution is 2.24. The summed E-state index contributed by atoms with van der Waals surface area (Å²) in [6, 6.07) is 10.1. The van der Waals surface area contributed by atoms with Gasteiger partial charge in [-0.05, 0) is 35.2 Å². The zero-order chi connectivity index (χ0) is 13.2. The molecule has 19 heavy (non-hydrogen) atoms. The van der Waals surface area contributed by atoms with Crippen molar-refractivity contribution in [3.05, 3.63) is 64.9 Å². The summed E-state index contributed by atoms with van der Waals surface area (Å²) in [4.78, 5) is 4.31. The molecule has 0 aliphatic heterocycles. The lowest BCUT2D eigenvalue weighted by molar-refractivity contribution is 0.178. The molecule has 0 spiro atoms. The Hall–Kier alpha value is -1.78. The van der Waals surface area contributed by atoms with Gasteiger partial charge in [0.05, 0.1) is 16.3 Å². The van der Waals surface area contributed by atoms with Crippen LogP contribution in [0.25, 0.3) is 10.2 Å². The van der Waals surface area contributed by atoms with Crippen molar-refractivity contribution >= 4 is 21.6 Å². The van der Waals surface area contributed by atoms with Crippen LogP contribution in [0.15, 0.2) is 48.0 Å². The lowest BCUT2D eigenvalue weighted by Crippen LogP contribution is -2.02. The Labute approximate surface area is 114 Å². The van der Waals surface area contributed by atoms with E-state index in [2.05, 4.69) is 4.98 Å². The molecule has 3 aromatic rings. The van der Waals surface area contributed by atoms with E-state index in [9.17, 15) is 9.50 Å². The van der Waals surface area contributed by atoms with E-state index in [4.69, 9.17) is 0 Å². The molecule has 0 saturated heterocycles. The molecular weight excluding hydrogens is 261 g/mol. The maximum atomic E-state index is 12.8. The van der Waals surface area contributed by atoms with Gasteiger partial charge in [-0.2, -0.15) is 0 Å². The van der Waals surface area contributed by atoms with E-state index in [1.54, 1.807) is 29.7 Å². The van der Waals surface area contributed by atoms with Crippen LogP contribution in [-0.2, 0) is 6.42 Å². The van der Waals surface area contributed by atoms with E-state index in [1.807, 2.05) is 17.5 Å². The van der Waals surface area contributed by atoms with Gasteiger partial charge in [0.1, 0.15) is 5.82 Å². The lowest BCUT2D eigenvalue weighted by atomic mass is 10.0. The maximum Gasteiger partial charge on any atom is 0.123 e. The van der Waals surface area contributed by atoms with Crippen molar-refractivity contribution in [1.82, 2.24) is 4.98 Å². The second-order valence-corrected chi connectivity index (χ2v) is 5.37. The summed E-state index contributed by atoms with van der Waals surface area (Å²) in [5, 5.41) is 12.2. The van der Waals surface area contributed by atoms with Crippen LogP contribution >= 0.6 is 11.3 Å². The number of halogens is 1. The number of pyridine rings is 1. The SMILES string of the molecule is OC(Cc1ccc(F)cc1)c1cnc2ccsc2c1. The molecule has 0 amide bonds. The molecule has 1 unspecified atom stereocenters. The third-order valence-electron chi connectivity index (χ3n) is 3.05. The smallest absolute Gasteiger partial charge is 0.123 e. The largest absolute Gasteiger partial charge is 0.388 e. The molecule has 2 aromatic heterocycles. The van der Waals surface area contributed by atoms with E-state index in [-0.39, 0.29) is 5.82 Å². The molecule has 1 N–H and O–H groups in total. The molecule has 0 fully saturated rings. The van der Waals surface area contributed by atoms with E-state index in [1.165, 1.54) is 12.1 Å². The third-order valence-corrected chi connectivity index (χ3v) is 3.90. The Morgan fingerprint density at radius 1 is 1.21 bits per heavy atom. The van der Waals surface area contributed by atoms with Crippen LogP contribution in [0.1, 0.15) is 17.2 Å². The first-order valence-corrected chi connectivity index (χ1v) is 6.86. The standard InChI is InChI=1S/C15H12FNOS/c16-12-3-1-10(2-4-12)7-14(18)11-8-15-13(17-9-11)5-6-19-15/h1-6,8-9,14,18H,7H2. The Morgan fingerprint density at radius 3 is 2.79 bits per heavy atom. The maximum absolute atomic E-state index is 12.8. The predicted octanol–water partition coefficient (Wildman–Crippen LogP) is 3.71. The first-order valence-electron chi connectivity index (χ1n) is 5.98. The van der Waals surface area contributed by atoms with Crippen molar-refractivity contribution < 1.29 is 9.50 Å². The van der Waals surface area contributed by atoms with Crippen molar-refractivity contribution in [2.24, 2.45) is 0 Å². The monoisotopic (exact) mass is 273 g/mol. The molecule has 1 atom stereocenters. The van der Waals surface area contributed by atoms with Crippen LogP contribution in [-0.4, -0.2) is 10.1 Å². The fourth-order valence-corrected chi connectivity index (χ4v) is 2.79. The number of aliphatic hydroxyl groups excluding tert-OH is 1. The average molecular weight is 273 g/mol. The van der Waals surface area contributed by atoms with Crippen molar-refractivity contribution in [3.8, 4) is 0 Å². The highest BCUT2D eigenvalue weighted by atomic mass is 32.1. The van der Waals surface area contributed by atoms with Crippen molar-refractivity contribution in [2.45, 2.75) is 12.5 Å². The van der Waals surface area contributed by atoms with Gasteiger partial charge in [-0.1, -0.05) is 12.1 Å². The number of aromatic nitrogens is 1. The molecule has 3 rings (SSSR count). The van der Waals surface area contributed by atoms with Crippen LogP contribution in [0.3, 0.4) is 0 Å². The first kappa shape index (κ1) is 12.3. The van der Waals surface area contributed by atoms with Crippen molar-refractivity contribution in [1.29, 1.82) is 0 Å². The minimum atomic E-state index is -0.621. The molecule has 0 saturated carbocycles. The number of thiophene rings is 1. The van der Waals surface area contributed by atoms with Gasteiger partial charge in [-0.25, -0.2) is 4.39 Å². The topological polar surface area (TPSA) is 33.1 Å². The molecule has 0 radical (unpaired) electrons. The zero-order valence-electron chi connectivity index (χ0n) is 10.1. The molecule has 1 aromatic carbocycles. The highest BCUT2D eigenvalue weighted by Gasteiger charge is 2.10. The summed E-state index contributed by atoms with van der Waals surface area (Å²) in [7, 11) is 0. The quantitative estimate of drug-likeness (QED) is 0.789. The molecule has 2 heterocycles. The minimum Gasteiger partial charge on any atom is -0.388 e. The normalized spacial score (nSPS) is 12.7. The summed E-state index contributed by atoms with van der Waals surface area (Å²) in [5.74, 6) is -0.264. The fourth-order valence-electron chi connectivity index (χ4n) is 2.01. The van der Waals surface area contributed by atoms with Crippen molar-refractivity contribution in [3.63, 3.8) is 0 Å². The van der Waals surface area contributed by atoms with Crippen LogP contribution < -0.4 is 0 Å². The number of hydrogen-bond donors (Lipinski definition) is 1.